The Morgan fingerprint density at radius 2 is 2.13 bits per heavy atom. The van der Waals surface area contributed by atoms with Crippen LogP contribution in [0.25, 0.3) is 5.69 Å². The second kappa shape index (κ2) is 4.56. The van der Waals surface area contributed by atoms with Gasteiger partial charge in [0.2, 0.25) is 0 Å². The summed E-state index contributed by atoms with van der Waals surface area (Å²) in [7, 11) is 0. The van der Waals surface area contributed by atoms with Gasteiger partial charge < -0.3 is 0 Å². The number of alkyl halides is 1. The lowest BCUT2D eigenvalue weighted by Gasteiger charge is -2.02. The molecule has 0 spiro atoms. The number of hydrogen-bond acceptors (Lipinski definition) is 1. The van der Waals surface area contributed by atoms with Gasteiger partial charge in [-0.15, -0.1) is 11.6 Å². The first-order valence-electron chi connectivity index (χ1n) is 4.25. The Labute approximate surface area is 106 Å². The predicted molar refractivity (Wildman–Crippen MR) is 65.8 cm³/mol. The van der Waals surface area contributed by atoms with Crippen LogP contribution in [0, 0.1) is 0 Å². The highest BCUT2D eigenvalue weighted by molar-refractivity contribution is 9.10. The molecule has 0 aliphatic heterocycles. The van der Waals surface area contributed by atoms with Crippen molar-refractivity contribution in [3.05, 3.63) is 45.7 Å². The van der Waals surface area contributed by atoms with Gasteiger partial charge in [-0.2, -0.15) is 5.10 Å². The fourth-order valence-corrected chi connectivity index (χ4v) is 2.22. The molecule has 0 aliphatic carbocycles. The van der Waals surface area contributed by atoms with Crippen LogP contribution in [0.5, 0.6) is 0 Å². The zero-order chi connectivity index (χ0) is 10.8. The van der Waals surface area contributed by atoms with Crippen LogP contribution in [0.15, 0.2) is 35.1 Å². The minimum absolute atomic E-state index is 0.460. The largest absolute Gasteiger partial charge is 0.241 e. The summed E-state index contributed by atoms with van der Waals surface area (Å²) < 4.78 is 2.67. The Balaban J connectivity index is 2.44. The van der Waals surface area contributed by atoms with E-state index in [0.717, 1.165) is 15.7 Å². The molecule has 0 bridgehead atoms. The summed E-state index contributed by atoms with van der Waals surface area (Å²) in [5, 5.41) is 4.86. The van der Waals surface area contributed by atoms with Gasteiger partial charge in [-0.05, 0) is 18.2 Å². The Morgan fingerprint density at radius 1 is 1.33 bits per heavy atom. The van der Waals surface area contributed by atoms with Crippen molar-refractivity contribution in [2.24, 2.45) is 0 Å². The molecule has 2 nitrogen and oxygen atoms in total. The third-order valence-electron chi connectivity index (χ3n) is 1.90. The van der Waals surface area contributed by atoms with Crippen molar-refractivity contribution in [3.8, 4) is 5.69 Å². The van der Waals surface area contributed by atoms with Crippen molar-refractivity contribution in [1.82, 2.24) is 9.78 Å². The number of nitrogens with zero attached hydrogens (tertiary/aromatic N) is 2. The van der Waals surface area contributed by atoms with E-state index >= 15 is 0 Å². The van der Waals surface area contributed by atoms with Gasteiger partial charge in [-0.3, -0.25) is 0 Å². The normalized spacial score (nSPS) is 10.6. The number of hydrogen-bond donors (Lipinski definition) is 0. The predicted octanol–water partition coefficient (Wildman–Crippen LogP) is 4.03. The summed E-state index contributed by atoms with van der Waals surface area (Å²) in [6, 6.07) is 5.62. The molecule has 0 unspecified atom stereocenters. The third-order valence-corrected chi connectivity index (χ3v) is 2.89. The van der Waals surface area contributed by atoms with Crippen molar-refractivity contribution < 1.29 is 0 Å². The van der Waals surface area contributed by atoms with Crippen LogP contribution in [0.4, 0.5) is 0 Å². The van der Waals surface area contributed by atoms with Crippen LogP contribution >= 0.6 is 39.1 Å². The lowest BCUT2D eigenvalue weighted by Crippen LogP contribution is -1.93. The second-order valence-corrected chi connectivity index (χ2v) is 4.67. The number of halogens is 3. The highest BCUT2D eigenvalue weighted by atomic mass is 79.9. The van der Waals surface area contributed by atoms with E-state index in [2.05, 4.69) is 21.0 Å². The number of rotatable bonds is 2. The van der Waals surface area contributed by atoms with Crippen LogP contribution in [0.1, 0.15) is 5.56 Å². The van der Waals surface area contributed by atoms with E-state index in [4.69, 9.17) is 23.2 Å². The van der Waals surface area contributed by atoms with Crippen molar-refractivity contribution in [3.63, 3.8) is 0 Å². The topological polar surface area (TPSA) is 17.8 Å². The molecular weight excluding hydrogens is 299 g/mol. The Bertz CT molecular complexity index is 462. The van der Waals surface area contributed by atoms with E-state index in [1.807, 2.05) is 24.4 Å². The summed E-state index contributed by atoms with van der Waals surface area (Å²) in [5.74, 6) is 0.460. The average Bonchev–Trinajstić information content (AvgIpc) is 2.64. The summed E-state index contributed by atoms with van der Waals surface area (Å²) in [5.41, 5.74) is 1.89. The van der Waals surface area contributed by atoms with E-state index in [-0.39, 0.29) is 0 Å². The molecule has 78 valence electrons. The van der Waals surface area contributed by atoms with E-state index in [1.54, 1.807) is 10.9 Å². The van der Waals surface area contributed by atoms with E-state index in [1.165, 1.54) is 0 Å². The Morgan fingerprint density at radius 3 is 2.73 bits per heavy atom. The molecule has 2 aromatic rings. The van der Waals surface area contributed by atoms with Crippen LogP contribution in [-0.2, 0) is 5.88 Å². The quantitative estimate of drug-likeness (QED) is 0.766. The highest BCUT2D eigenvalue weighted by Crippen LogP contribution is 2.22. The van der Waals surface area contributed by atoms with Crippen molar-refractivity contribution >= 4 is 39.1 Å². The maximum absolute atomic E-state index is 5.94. The van der Waals surface area contributed by atoms with Crippen LogP contribution < -0.4 is 0 Å². The standard InChI is InChI=1S/C10H7BrCl2N2/c11-8-1-9(13)3-10(2-8)15-6-7(4-12)5-14-15/h1-3,5-6H,4H2. The summed E-state index contributed by atoms with van der Waals surface area (Å²) >= 11 is 15.0. The van der Waals surface area contributed by atoms with Crippen LogP contribution in [0.2, 0.25) is 5.02 Å². The molecule has 1 heterocycles. The third kappa shape index (κ3) is 2.54. The van der Waals surface area contributed by atoms with Gasteiger partial charge >= 0.3 is 0 Å². The monoisotopic (exact) mass is 304 g/mol. The molecule has 0 fully saturated rings. The average molecular weight is 306 g/mol. The lowest BCUT2D eigenvalue weighted by atomic mass is 10.3. The summed E-state index contributed by atoms with van der Waals surface area (Å²) in [6.45, 7) is 0. The van der Waals surface area contributed by atoms with Gasteiger partial charge in [0.25, 0.3) is 0 Å². The molecule has 0 radical (unpaired) electrons. The van der Waals surface area contributed by atoms with Gasteiger partial charge in [0.1, 0.15) is 0 Å². The smallest absolute Gasteiger partial charge is 0.0671 e. The van der Waals surface area contributed by atoms with Crippen molar-refractivity contribution in [2.75, 3.05) is 0 Å². The van der Waals surface area contributed by atoms with Gasteiger partial charge in [-0.1, -0.05) is 27.5 Å². The van der Waals surface area contributed by atoms with Gasteiger partial charge in [-0.25, -0.2) is 4.68 Å². The van der Waals surface area contributed by atoms with Gasteiger partial charge in [0.05, 0.1) is 17.8 Å². The Kier molecular flexibility index (Phi) is 3.34. The summed E-state index contributed by atoms with van der Waals surface area (Å²) in [4.78, 5) is 0. The molecule has 2 rings (SSSR count). The Hall–Kier alpha value is -0.510. The fourth-order valence-electron chi connectivity index (χ4n) is 1.24. The van der Waals surface area contributed by atoms with Crippen LogP contribution in [-0.4, -0.2) is 9.78 Å². The molecule has 0 amide bonds. The first-order valence-corrected chi connectivity index (χ1v) is 5.95. The van der Waals surface area contributed by atoms with E-state index in [0.29, 0.717) is 10.9 Å². The molecule has 15 heavy (non-hydrogen) atoms. The number of benzene rings is 1. The minimum Gasteiger partial charge on any atom is -0.241 e. The molecular formula is C10H7BrCl2N2. The van der Waals surface area contributed by atoms with E-state index < -0.39 is 0 Å². The molecule has 0 saturated carbocycles. The van der Waals surface area contributed by atoms with Gasteiger partial charge in [0.15, 0.2) is 0 Å². The fraction of sp³-hybridized carbons (Fsp3) is 0.100. The first-order chi connectivity index (χ1) is 7.19. The molecule has 1 aromatic carbocycles. The first kappa shape index (κ1) is 11.0. The molecule has 5 heteroatoms. The van der Waals surface area contributed by atoms with Crippen molar-refractivity contribution in [2.45, 2.75) is 5.88 Å². The lowest BCUT2D eigenvalue weighted by molar-refractivity contribution is 0.879. The zero-order valence-electron chi connectivity index (χ0n) is 7.62. The molecule has 0 aliphatic rings. The zero-order valence-corrected chi connectivity index (χ0v) is 10.7. The molecule has 0 saturated heterocycles. The maximum Gasteiger partial charge on any atom is 0.0671 e. The minimum atomic E-state index is 0.460. The molecule has 0 N–H and O–H groups in total. The molecule has 0 atom stereocenters. The van der Waals surface area contributed by atoms with Gasteiger partial charge in [0, 0.05) is 21.3 Å². The molecule has 1 aromatic heterocycles. The van der Waals surface area contributed by atoms with Crippen molar-refractivity contribution in [1.29, 1.82) is 0 Å². The number of aromatic nitrogens is 2. The van der Waals surface area contributed by atoms with E-state index in [9.17, 15) is 0 Å². The second-order valence-electron chi connectivity index (χ2n) is 3.05. The summed E-state index contributed by atoms with van der Waals surface area (Å²) in [6.07, 6.45) is 3.62. The SMILES string of the molecule is ClCc1cnn(-c2cc(Cl)cc(Br)c2)c1. The maximum atomic E-state index is 5.94. The highest BCUT2D eigenvalue weighted by Gasteiger charge is 2.02. The van der Waals surface area contributed by atoms with Crippen LogP contribution in [0.3, 0.4) is 0 Å².